The number of hydrogen-bond acceptors (Lipinski definition) is 2. The zero-order chi connectivity index (χ0) is 11.5. The van der Waals surface area contributed by atoms with Crippen LogP contribution in [0.3, 0.4) is 0 Å². The fourth-order valence-electron chi connectivity index (χ4n) is 2.13. The Morgan fingerprint density at radius 1 is 1.69 bits per heavy atom. The van der Waals surface area contributed by atoms with Gasteiger partial charge in [0.1, 0.15) is 6.67 Å². The van der Waals surface area contributed by atoms with Crippen LogP contribution in [0.4, 0.5) is 4.39 Å². The maximum atomic E-state index is 12.7. The minimum absolute atomic E-state index is 0.0694. The quantitative estimate of drug-likeness (QED) is 0.766. The summed E-state index contributed by atoms with van der Waals surface area (Å²) in [6.07, 6.45) is 4.92. The molecule has 0 saturated carbocycles. The van der Waals surface area contributed by atoms with Gasteiger partial charge in [0, 0.05) is 24.5 Å². The number of nitrogens with zero attached hydrogens (tertiary/aromatic N) is 2. The number of likely N-dealkylation sites (tertiary alicyclic amines) is 1. The number of alkyl halides is 1. The topological polar surface area (TPSA) is 33.2 Å². The normalized spacial score (nSPS) is 20.1. The molecule has 0 N–H and O–H groups in total. The van der Waals surface area contributed by atoms with Crippen LogP contribution < -0.4 is 0 Å². The van der Waals surface area contributed by atoms with Crippen LogP contribution in [0.25, 0.3) is 0 Å². The van der Waals surface area contributed by atoms with E-state index in [1.807, 2.05) is 6.92 Å². The first kappa shape index (κ1) is 11.0. The van der Waals surface area contributed by atoms with Crippen LogP contribution in [-0.4, -0.2) is 35.1 Å². The molecule has 2 rings (SSSR count). The summed E-state index contributed by atoms with van der Waals surface area (Å²) in [5, 5.41) is 0. The van der Waals surface area contributed by atoms with Crippen molar-refractivity contribution in [3.8, 4) is 0 Å². The molecular weight excluding hydrogens is 207 g/mol. The van der Waals surface area contributed by atoms with Gasteiger partial charge in [0.2, 0.25) is 0 Å². The Kier molecular flexibility index (Phi) is 3.17. The molecule has 1 amide bonds. The first-order chi connectivity index (χ1) is 7.74. The zero-order valence-electron chi connectivity index (χ0n) is 9.32. The maximum absolute atomic E-state index is 12.7. The van der Waals surface area contributed by atoms with Gasteiger partial charge in [-0.2, -0.15) is 0 Å². The van der Waals surface area contributed by atoms with E-state index in [2.05, 4.69) is 4.98 Å². The van der Waals surface area contributed by atoms with Crippen molar-refractivity contribution in [2.75, 3.05) is 13.2 Å². The van der Waals surface area contributed by atoms with Crippen LogP contribution >= 0.6 is 0 Å². The zero-order valence-corrected chi connectivity index (χ0v) is 9.32. The van der Waals surface area contributed by atoms with Crippen molar-refractivity contribution >= 4 is 5.91 Å². The predicted octanol–water partition coefficient (Wildman–Crippen LogP) is 1.96. The molecule has 0 spiro atoms. The lowest BCUT2D eigenvalue weighted by Gasteiger charge is -2.23. The maximum Gasteiger partial charge on any atom is 0.254 e. The van der Waals surface area contributed by atoms with Crippen LogP contribution in [0.15, 0.2) is 18.5 Å². The molecule has 1 aliphatic rings. The van der Waals surface area contributed by atoms with E-state index in [0.29, 0.717) is 12.1 Å². The van der Waals surface area contributed by atoms with Gasteiger partial charge in [0.25, 0.3) is 5.91 Å². The van der Waals surface area contributed by atoms with E-state index in [1.165, 1.54) is 0 Å². The number of halogens is 1. The first-order valence-corrected chi connectivity index (χ1v) is 5.51. The number of hydrogen-bond donors (Lipinski definition) is 0. The lowest BCUT2D eigenvalue weighted by molar-refractivity contribution is 0.0715. The van der Waals surface area contributed by atoms with Crippen LogP contribution in [0, 0.1) is 6.92 Å². The third-order valence-corrected chi connectivity index (χ3v) is 3.07. The summed E-state index contributed by atoms with van der Waals surface area (Å²) in [5.74, 6) is -0.0694. The fraction of sp³-hybridized carbons (Fsp3) is 0.500. The summed E-state index contributed by atoms with van der Waals surface area (Å²) in [4.78, 5) is 17.8. The Morgan fingerprint density at radius 3 is 3.19 bits per heavy atom. The average Bonchev–Trinajstić information content (AvgIpc) is 2.77. The van der Waals surface area contributed by atoms with E-state index in [1.54, 1.807) is 23.4 Å². The van der Waals surface area contributed by atoms with Gasteiger partial charge in [0.05, 0.1) is 6.04 Å². The van der Waals surface area contributed by atoms with E-state index >= 15 is 0 Å². The third-order valence-electron chi connectivity index (χ3n) is 3.07. The molecular formula is C12H15FN2O. The number of carbonyl (C=O) groups excluding carboxylic acids is 1. The van der Waals surface area contributed by atoms with Crippen molar-refractivity contribution in [1.29, 1.82) is 0 Å². The van der Waals surface area contributed by atoms with Crippen molar-refractivity contribution in [2.45, 2.75) is 25.8 Å². The van der Waals surface area contributed by atoms with Gasteiger partial charge in [-0.05, 0) is 31.4 Å². The lowest BCUT2D eigenvalue weighted by atomic mass is 10.1. The number of amides is 1. The van der Waals surface area contributed by atoms with E-state index < -0.39 is 6.67 Å². The average molecular weight is 222 g/mol. The number of aryl methyl sites for hydroxylation is 1. The highest BCUT2D eigenvalue weighted by Crippen LogP contribution is 2.21. The Balaban J connectivity index is 2.22. The highest BCUT2D eigenvalue weighted by molar-refractivity contribution is 5.95. The molecule has 0 radical (unpaired) electrons. The van der Waals surface area contributed by atoms with Gasteiger partial charge in [-0.25, -0.2) is 4.39 Å². The van der Waals surface area contributed by atoms with Crippen molar-refractivity contribution < 1.29 is 9.18 Å². The standard InChI is InChI=1S/C12H15FN2O/c1-9-8-14-5-4-11(9)12(16)15-6-2-3-10(15)7-13/h4-5,8,10H,2-3,6-7H2,1H3. The molecule has 16 heavy (non-hydrogen) atoms. The van der Waals surface area contributed by atoms with Gasteiger partial charge in [-0.1, -0.05) is 0 Å². The fourth-order valence-corrected chi connectivity index (χ4v) is 2.13. The summed E-state index contributed by atoms with van der Waals surface area (Å²) in [7, 11) is 0. The molecule has 0 aromatic carbocycles. The van der Waals surface area contributed by atoms with Crippen LogP contribution in [-0.2, 0) is 0 Å². The highest BCUT2D eigenvalue weighted by atomic mass is 19.1. The summed E-state index contributed by atoms with van der Waals surface area (Å²) in [6.45, 7) is 2.06. The van der Waals surface area contributed by atoms with Crippen molar-refractivity contribution in [3.63, 3.8) is 0 Å². The van der Waals surface area contributed by atoms with Gasteiger partial charge < -0.3 is 4.90 Å². The van der Waals surface area contributed by atoms with E-state index in [-0.39, 0.29) is 11.9 Å². The lowest BCUT2D eigenvalue weighted by Crippen LogP contribution is -2.37. The second-order valence-electron chi connectivity index (χ2n) is 4.14. The molecule has 1 unspecified atom stereocenters. The molecule has 1 aromatic heterocycles. The van der Waals surface area contributed by atoms with E-state index in [9.17, 15) is 9.18 Å². The largest absolute Gasteiger partial charge is 0.333 e. The minimum atomic E-state index is -0.449. The van der Waals surface area contributed by atoms with Crippen LogP contribution in [0.1, 0.15) is 28.8 Å². The molecule has 3 nitrogen and oxygen atoms in total. The molecule has 1 fully saturated rings. The van der Waals surface area contributed by atoms with Crippen LogP contribution in [0.2, 0.25) is 0 Å². The van der Waals surface area contributed by atoms with Crippen molar-refractivity contribution in [3.05, 3.63) is 29.6 Å². The SMILES string of the molecule is Cc1cnccc1C(=O)N1CCCC1CF. The Labute approximate surface area is 94.3 Å². The number of carbonyl (C=O) groups is 1. The number of rotatable bonds is 2. The molecule has 0 bridgehead atoms. The van der Waals surface area contributed by atoms with Gasteiger partial charge in [-0.15, -0.1) is 0 Å². The van der Waals surface area contributed by atoms with Gasteiger partial charge in [-0.3, -0.25) is 9.78 Å². The smallest absolute Gasteiger partial charge is 0.254 e. The minimum Gasteiger partial charge on any atom is -0.333 e. The molecule has 86 valence electrons. The monoisotopic (exact) mass is 222 g/mol. The Morgan fingerprint density at radius 2 is 2.50 bits per heavy atom. The van der Waals surface area contributed by atoms with Crippen molar-refractivity contribution in [1.82, 2.24) is 9.88 Å². The molecule has 0 aliphatic carbocycles. The summed E-state index contributed by atoms with van der Waals surface area (Å²) < 4.78 is 12.7. The second-order valence-corrected chi connectivity index (χ2v) is 4.14. The summed E-state index contributed by atoms with van der Waals surface area (Å²) in [6, 6.07) is 1.46. The van der Waals surface area contributed by atoms with Crippen molar-refractivity contribution in [2.24, 2.45) is 0 Å². The Hall–Kier alpha value is -1.45. The van der Waals surface area contributed by atoms with E-state index in [4.69, 9.17) is 0 Å². The molecule has 1 aliphatic heterocycles. The third kappa shape index (κ3) is 1.92. The molecule has 1 atom stereocenters. The molecule has 1 saturated heterocycles. The summed E-state index contributed by atoms with van der Waals surface area (Å²) >= 11 is 0. The first-order valence-electron chi connectivity index (χ1n) is 5.51. The number of aromatic nitrogens is 1. The van der Waals surface area contributed by atoms with Gasteiger partial charge >= 0.3 is 0 Å². The molecule has 1 aromatic rings. The highest BCUT2D eigenvalue weighted by Gasteiger charge is 2.29. The number of pyridine rings is 1. The van der Waals surface area contributed by atoms with Gasteiger partial charge in [0.15, 0.2) is 0 Å². The van der Waals surface area contributed by atoms with E-state index in [0.717, 1.165) is 18.4 Å². The molecule has 4 heteroatoms. The predicted molar refractivity (Wildman–Crippen MR) is 59.0 cm³/mol. The second kappa shape index (κ2) is 4.60. The Bertz CT molecular complexity index is 394. The van der Waals surface area contributed by atoms with Crippen LogP contribution in [0.5, 0.6) is 0 Å². The molecule has 2 heterocycles. The summed E-state index contributed by atoms with van der Waals surface area (Å²) in [5.41, 5.74) is 1.48.